The van der Waals surface area contributed by atoms with Crippen LogP contribution in [-0.4, -0.2) is 19.7 Å². The van der Waals surface area contributed by atoms with Gasteiger partial charge in [-0.25, -0.2) is 0 Å². The SMILES string of the molecule is CC.Cc1ccc2c(c1)N(C)CC(C)O2. The molecule has 0 bridgehead atoms. The average molecular weight is 207 g/mol. The Morgan fingerprint density at radius 1 is 1.33 bits per heavy atom. The number of likely N-dealkylation sites (N-methyl/N-ethyl adjacent to an activating group) is 1. The third-order valence-corrected chi connectivity index (χ3v) is 2.38. The summed E-state index contributed by atoms with van der Waals surface area (Å²) >= 11 is 0. The largest absolute Gasteiger partial charge is 0.487 e. The zero-order valence-corrected chi connectivity index (χ0v) is 10.4. The molecule has 0 spiro atoms. The first kappa shape index (κ1) is 11.9. The second-order valence-corrected chi connectivity index (χ2v) is 3.78. The van der Waals surface area contributed by atoms with E-state index in [1.165, 1.54) is 11.3 Å². The Balaban J connectivity index is 0.000000531. The molecule has 0 fully saturated rings. The van der Waals surface area contributed by atoms with Gasteiger partial charge in [-0.15, -0.1) is 0 Å². The Labute approximate surface area is 92.9 Å². The predicted octanol–water partition coefficient (Wildman–Crippen LogP) is 3.24. The fourth-order valence-electron chi connectivity index (χ4n) is 1.76. The van der Waals surface area contributed by atoms with E-state index in [9.17, 15) is 0 Å². The van der Waals surface area contributed by atoms with E-state index in [1.807, 2.05) is 13.8 Å². The molecule has 1 atom stereocenters. The Bertz CT molecular complexity index is 322. The van der Waals surface area contributed by atoms with Crippen LogP contribution >= 0.6 is 0 Å². The molecule has 2 rings (SSSR count). The van der Waals surface area contributed by atoms with Crippen molar-refractivity contribution < 1.29 is 4.74 Å². The first-order valence-corrected chi connectivity index (χ1v) is 5.65. The van der Waals surface area contributed by atoms with Crippen LogP contribution in [-0.2, 0) is 0 Å². The molecule has 0 aromatic heterocycles. The average Bonchev–Trinajstić information content (AvgIpc) is 2.22. The van der Waals surface area contributed by atoms with Gasteiger partial charge in [0, 0.05) is 7.05 Å². The van der Waals surface area contributed by atoms with Crippen LogP contribution < -0.4 is 9.64 Å². The smallest absolute Gasteiger partial charge is 0.143 e. The van der Waals surface area contributed by atoms with Crippen LogP contribution in [0.1, 0.15) is 26.3 Å². The van der Waals surface area contributed by atoms with Gasteiger partial charge in [-0.3, -0.25) is 0 Å². The quantitative estimate of drug-likeness (QED) is 0.647. The van der Waals surface area contributed by atoms with Crippen LogP contribution in [0.5, 0.6) is 5.75 Å². The Morgan fingerprint density at radius 2 is 2.00 bits per heavy atom. The van der Waals surface area contributed by atoms with Crippen molar-refractivity contribution in [3.63, 3.8) is 0 Å². The molecular weight excluding hydrogens is 186 g/mol. The predicted molar refractivity (Wildman–Crippen MR) is 65.9 cm³/mol. The summed E-state index contributed by atoms with van der Waals surface area (Å²) in [5.41, 5.74) is 2.49. The topological polar surface area (TPSA) is 12.5 Å². The van der Waals surface area contributed by atoms with Gasteiger partial charge in [0.05, 0.1) is 12.2 Å². The molecule has 1 aromatic rings. The van der Waals surface area contributed by atoms with Gasteiger partial charge in [0.1, 0.15) is 11.9 Å². The van der Waals surface area contributed by atoms with Crippen LogP contribution in [0.25, 0.3) is 0 Å². The van der Waals surface area contributed by atoms with Crippen molar-refractivity contribution in [3.05, 3.63) is 23.8 Å². The van der Waals surface area contributed by atoms with Crippen molar-refractivity contribution in [2.45, 2.75) is 33.8 Å². The van der Waals surface area contributed by atoms with Crippen LogP contribution in [0.2, 0.25) is 0 Å². The maximum absolute atomic E-state index is 5.72. The van der Waals surface area contributed by atoms with Crippen molar-refractivity contribution in [1.82, 2.24) is 0 Å². The van der Waals surface area contributed by atoms with Gasteiger partial charge in [-0.2, -0.15) is 0 Å². The number of rotatable bonds is 0. The standard InChI is InChI=1S/C11H15NO.C2H6/c1-8-4-5-11-10(6-8)12(3)7-9(2)13-11;1-2/h4-6,9H,7H2,1-3H3;1-2H3. The maximum atomic E-state index is 5.72. The van der Waals surface area contributed by atoms with E-state index in [2.05, 4.69) is 44.0 Å². The molecule has 0 N–H and O–H groups in total. The number of benzene rings is 1. The fourth-order valence-corrected chi connectivity index (χ4v) is 1.76. The molecule has 2 heteroatoms. The summed E-state index contributed by atoms with van der Waals surface area (Å²) in [5.74, 6) is 1.01. The van der Waals surface area contributed by atoms with Gasteiger partial charge in [0.25, 0.3) is 0 Å². The lowest BCUT2D eigenvalue weighted by atomic mass is 10.1. The Morgan fingerprint density at radius 3 is 2.67 bits per heavy atom. The van der Waals surface area contributed by atoms with Crippen molar-refractivity contribution in [2.75, 3.05) is 18.5 Å². The molecule has 84 valence electrons. The molecule has 0 amide bonds. The molecule has 1 heterocycles. The number of anilines is 1. The Kier molecular flexibility index (Phi) is 4.01. The summed E-state index contributed by atoms with van der Waals surface area (Å²) in [5, 5.41) is 0. The van der Waals surface area contributed by atoms with Crippen LogP contribution in [0.15, 0.2) is 18.2 Å². The van der Waals surface area contributed by atoms with Gasteiger partial charge in [-0.05, 0) is 31.5 Å². The highest BCUT2D eigenvalue weighted by Gasteiger charge is 2.19. The highest BCUT2D eigenvalue weighted by atomic mass is 16.5. The number of nitrogens with zero attached hydrogens (tertiary/aromatic N) is 1. The third-order valence-electron chi connectivity index (χ3n) is 2.38. The zero-order chi connectivity index (χ0) is 11.4. The molecule has 1 aliphatic heterocycles. The lowest BCUT2D eigenvalue weighted by molar-refractivity contribution is 0.215. The van der Waals surface area contributed by atoms with E-state index >= 15 is 0 Å². The minimum Gasteiger partial charge on any atom is -0.487 e. The molecule has 0 radical (unpaired) electrons. The molecule has 1 aromatic carbocycles. The highest BCUT2D eigenvalue weighted by molar-refractivity contribution is 5.61. The van der Waals surface area contributed by atoms with Crippen molar-refractivity contribution >= 4 is 5.69 Å². The molecule has 15 heavy (non-hydrogen) atoms. The minimum atomic E-state index is 0.292. The van der Waals surface area contributed by atoms with E-state index < -0.39 is 0 Å². The zero-order valence-electron chi connectivity index (χ0n) is 10.4. The lowest BCUT2D eigenvalue weighted by Gasteiger charge is -2.32. The molecule has 0 aliphatic carbocycles. The van der Waals surface area contributed by atoms with Crippen molar-refractivity contribution in [1.29, 1.82) is 0 Å². The summed E-state index contributed by atoms with van der Waals surface area (Å²) < 4.78 is 5.72. The summed E-state index contributed by atoms with van der Waals surface area (Å²) in [4.78, 5) is 2.25. The van der Waals surface area contributed by atoms with Gasteiger partial charge in [0.15, 0.2) is 0 Å². The summed E-state index contributed by atoms with van der Waals surface area (Å²) in [6.45, 7) is 9.17. The molecule has 1 unspecified atom stereocenters. The molecule has 0 saturated heterocycles. The number of ether oxygens (including phenoxy) is 1. The molecule has 1 aliphatic rings. The second-order valence-electron chi connectivity index (χ2n) is 3.78. The summed E-state index contributed by atoms with van der Waals surface area (Å²) in [6, 6.07) is 6.31. The summed E-state index contributed by atoms with van der Waals surface area (Å²) in [6.07, 6.45) is 0.292. The normalized spacial score (nSPS) is 18.5. The van der Waals surface area contributed by atoms with Gasteiger partial charge >= 0.3 is 0 Å². The lowest BCUT2D eigenvalue weighted by Crippen LogP contribution is -2.35. The van der Waals surface area contributed by atoms with Crippen LogP contribution in [0.3, 0.4) is 0 Å². The van der Waals surface area contributed by atoms with E-state index in [-0.39, 0.29) is 0 Å². The minimum absolute atomic E-state index is 0.292. The Hall–Kier alpha value is -1.18. The molecule has 0 saturated carbocycles. The summed E-state index contributed by atoms with van der Waals surface area (Å²) in [7, 11) is 2.11. The first-order chi connectivity index (χ1) is 7.16. The number of aryl methyl sites for hydroxylation is 1. The number of hydrogen-bond donors (Lipinski definition) is 0. The molecular formula is C13H21NO. The maximum Gasteiger partial charge on any atom is 0.143 e. The van der Waals surface area contributed by atoms with Gasteiger partial charge in [0.2, 0.25) is 0 Å². The second kappa shape index (κ2) is 5.06. The highest BCUT2D eigenvalue weighted by Crippen LogP contribution is 2.32. The van der Waals surface area contributed by atoms with E-state index in [0.29, 0.717) is 6.10 Å². The van der Waals surface area contributed by atoms with Crippen LogP contribution in [0, 0.1) is 6.92 Å². The monoisotopic (exact) mass is 207 g/mol. The fraction of sp³-hybridized carbons (Fsp3) is 0.538. The van der Waals surface area contributed by atoms with Gasteiger partial charge in [-0.1, -0.05) is 19.9 Å². The van der Waals surface area contributed by atoms with E-state index in [0.717, 1.165) is 12.3 Å². The first-order valence-electron chi connectivity index (χ1n) is 5.65. The molecule has 2 nitrogen and oxygen atoms in total. The third kappa shape index (κ3) is 2.65. The number of hydrogen-bond acceptors (Lipinski definition) is 2. The van der Waals surface area contributed by atoms with E-state index in [4.69, 9.17) is 4.74 Å². The number of fused-ring (bicyclic) bond motifs is 1. The van der Waals surface area contributed by atoms with Crippen molar-refractivity contribution in [3.8, 4) is 5.75 Å². The van der Waals surface area contributed by atoms with E-state index in [1.54, 1.807) is 0 Å². The van der Waals surface area contributed by atoms with Gasteiger partial charge < -0.3 is 9.64 Å². The van der Waals surface area contributed by atoms with Crippen molar-refractivity contribution in [2.24, 2.45) is 0 Å². The van der Waals surface area contributed by atoms with Crippen LogP contribution in [0.4, 0.5) is 5.69 Å².